The molecular formula is C16H28N4. The maximum atomic E-state index is 4.46. The molecule has 4 heteroatoms. The first-order valence-electron chi connectivity index (χ1n) is 8.11. The summed E-state index contributed by atoms with van der Waals surface area (Å²) in [5.41, 5.74) is 1.40. The molecule has 2 aliphatic rings. The molecule has 2 aliphatic heterocycles. The molecule has 3 heterocycles. The summed E-state index contributed by atoms with van der Waals surface area (Å²) < 4.78 is 2.47. The summed E-state index contributed by atoms with van der Waals surface area (Å²) in [5.74, 6) is 0.697. The Bertz CT molecular complexity index is 441. The van der Waals surface area contributed by atoms with Crippen molar-refractivity contribution in [2.24, 2.45) is 5.92 Å². The fourth-order valence-corrected chi connectivity index (χ4v) is 3.99. The highest BCUT2D eigenvalue weighted by Gasteiger charge is 2.29. The van der Waals surface area contributed by atoms with E-state index in [1.807, 2.05) is 0 Å². The number of hydrogen-bond donors (Lipinski definition) is 1. The molecule has 0 aromatic carbocycles. The molecule has 1 N–H and O–H groups in total. The summed E-state index contributed by atoms with van der Waals surface area (Å²) >= 11 is 0. The molecule has 3 rings (SSSR count). The minimum atomic E-state index is 0.494. The smallest absolute Gasteiger partial charge is 0.0951 e. The number of imidazole rings is 1. The lowest BCUT2D eigenvalue weighted by Crippen LogP contribution is -2.40. The van der Waals surface area contributed by atoms with E-state index in [9.17, 15) is 0 Å². The van der Waals surface area contributed by atoms with E-state index in [4.69, 9.17) is 0 Å². The molecular weight excluding hydrogens is 248 g/mol. The van der Waals surface area contributed by atoms with E-state index in [-0.39, 0.29) is 0 Å². The van der Waals surface area contributed by atoms with E-state index >= 15 is 0 Å². The Morgan fingerprint density at radius 2 is 2.10 bits per heavy atom. The molecule has 2 saturated heterocycles. The first-order valence-corrected chi connectivity index (χ1v) is 8.11. The van der Waals surface area contributed by atoms with Gasteiger partial charge in [-0.15, -0.1) is 0 Å². The highest BCUT2D eigenvalue weighted by atomic mass is 15.2. The standard InChI is InChI=1S/C16H28N4/c1-12-10-19(3)8-7-15(12)20-11-17-9-16(20)14-6-4-5-13(2)18-14/h9,11-15,18H,4-8,10H2,1-3H3. The quantitative estimate of drug-likeness (QED) is 0.901. The molecule has 4 nitrogen and oxygen atoms in total. The fourth-order valence-electron chi connectivity index (χ4n) is 3.99. The van der Waals surface area contributed by atoms with Crippen LogP contribution in [0.2, 0.25) is 0 Å². The van der Waals surface area contributed by atoms with Crippen LogP contribution in [-0.2, 0) is 0 Å². The van der Waals surface area contributed by atoms with Gasteiger partial charge in [0.15, 0.2) is 0 Å². The number of hydrogen-bond acceptors (Lipinski definition) is 3. The van der Waals surface area contributed by atoms with E-state index in [1.165, 1.54) is 44.5 Å². The van der Waals surface area contributed by atoms with Crippen molar-refractivity contribution in [1.29, 1.82) is 0 Å². The lowest BCUT2D eigenvalue weighted by atomic mass is 9.92. The van der Waals surface area contributed by atoms with Crippen LogP contribution < -0.4 is 5.32 Å². The van der Waals surface area contributed by atoms with Gasteiger partial charge in [0.1, 0.15) is 0 Å². The molecule has 2 fully saturated rings. The summed E-state index contributed by atoms with van der Waals surface area (Å²) in [6, 6.07) is 1.74. The van der Waals surface area contributed by atoms with Gasteiger partial charge in [-0.1, -0.05) is 6.92 Å². The zero-order valence-electron chi connectivity index (χ0n) is 13.0. The van der Waals surface area contributed by atoms with E-state index in [2.05, 4.69) is 53.2 Å². The topological polar surface area (TPSA) is 33.1 Å². The number of rotatable bonds is 2. The Balaban J connectivity index is 1.79. The zero-order chi connectivity index (χ0) is 14.1. The predicted molar refractivity (Wildman–Crippen MR) is 81.7 cm³/mol. The maximum Gasteiger partial charge on any atom is 0.0951 e. The number of nitrogens with one attached hydrogen (secondary N) is 1. The third-order valence-corrected chi connectivity index (χ3v) is 5.09. The van der Waals surface area contributed by atoms with Gasteiger partial charge in [-0.2, -0.15) is 0 Å². The predicted octanol–water partition coefficient (Wildman–Crippen LogP) is 2.60. The third kappa shape index (κ3) is 2.77. The molecule has 1 aromatic heterocycles. The molecule has 0 radical (unpaired) electrons. The van der Waals surface area contributed by atoms with Crippen LogP contribution in [0.4, 0.5) is 0 Å². The van der Waals surface area contributed by atoms with E-state index < -0.39 is 0 Å². The number of nitrogens with zero attached hydrogens (tertiary/aromatic N) is 3. The largest absolute Gasteiger partial charge is 0.330 e. The second-order valence-electron chi connectivity index (χ2n) is 6.87. The number of aromatic nitrogens is 2. The monoisotopic (exact) mass is 276 g/mol. The van der Waals surface area contributed by atoms with Gasteiger partial charge in [0.25, 0.3) is 0 Å². The number of likely N-dealkylation sites (tertiary alicyclic amines) is 1. The van der Waals surface area contributed by atoms with Crippen molar-refractivity contribution >= 4 is 0 Å². The first-order chi connectivity index (χ1) is 9.65. The van der Waals surface area contributed by atoms with Crippen LogP contribution in [0, 0.1) is 5.92 Å². The summed E-state index contributed by atoms with van der Waals surface area (Å²) in [6.45, 7) is 7.06. The van der Waals surface area contributed by atoms with Crippen molar-refractivity contribution in [3.8, 4) is 0 Å². The average molecular weight is 276 g/mol. The van der Waals surface area contributed by atoms with E-state index in [0.717, 1.165) is 0 Å². The Hall–Kier alpha value is -0.870. The number of piperidine rings is 2. The van der Waals surface area contributed by atoms with Crippen LogP contribution >= 0.6 is 0 Å². The molecule has 20 heavy (non-hydrogen) atoms. The minimum absolute atomic E-state index is 0.494. The first kappa shape index (κ1) is 14.1. The molecule has 112 valence electrons. The second-order valence-corrected chi connectivity index (χ2v) is 6.87. The van der Waals surface area contributed by atoms with Crippen molar-refractivity contribution in [1.82, 2.24) is 19.8 Å². The van der Waals surface area contributed by atoms with Gasteiger partial charge >= 0.3 is 0 Å². The van der Waals surface area contributed by atoms with Gasteiger partial charge in [-0.3, -0.25) is 0 Å². The minimum Gasteiger partial charge on any atom is -0.330 e. The molecule has 0 saturated carbocycles. The zero-order valence-corrected chi connectivity index (χ0v) is 13.0. The van der Waals surface area contributed by atoms with Gasteiger partial charge in [0.05, 0.1) is 12.0 Å². The Morgan fingerprint density at radius 1 is 1.25 bits per heavy atom. The van der Waals surface area contributed by atoms with Crippen LogP contribution in [0.15, 0.2) is 12.5 Å². The van der Waals surface area contributed by atoms with Crippen molar-refractivity contribution in [2.75, 3.05) is 20.1 Å². The molecule has 4 atom stereocenters. The second kappa shape index (κ2) is 5.86. The van der Waals surface area contributed by atoms with Gasteiger partial charge in [-0.05, 0) is 52.1 Å². The Kier molecular flexibility index (Phi) is 4.13. The van der Waals surface area contributed by atoms with Crippen molar-refractivity contribution in [3.63, 3.8) is 0 Å². The summed E-state index contributed by atoms with van der Waals surface area (Å²) in [6.07, 6.45) is 9.26. The average Bonchev–Trinajstić information content (AvgIpc) is 2.87. The van der Waals surface area contributed by atoms with E-state index in [0.29, 0.717) is 24.0 Å². The maximum absolute atomic E-state index is 4.46. The molecule has 0 amide bonds. The van der Waals surface area contributed by atoms with Crippen molar-refractivity contribution in [2.45, 2.75) is 57.7 Å². The van der Waals surface area contributed by atoms with Gasteiger partial charge in [0, 0.05) is 30.9 Å². The van der Waals surface area contributed by atoms with Crippen LogP contribution in [0.1, 0.15) is 57.3 Å². The summed E-state index contributed by atoms with van der Waals surface area (Å²) in [5, 5.41) is 3.75. The van der Waals surface area contributed by atoms with E-state index in [1.54, 1.807) is 0 Å². The summed E-state index contributed by atoms with van der Waals surface area (Å²) in [7, 11) is 2.23. The lowest BCUT2D eigenvalue weighted by molar-refractivity contribution is 0.154. The van der Waals surface area contributed by atoms with Crippen molar-refractivity contribution in [3.05, 3.63) is 18.2 Å². The van der Waals surface area contributed by atoms with Crippen LogP contribution in [0.25, 0.3) is 0 Å². The van der Waals surface area contributed by atoms with Crippen LogP contribution in [-0.4, -0.2) is 40.6 Å². The fraction of sp³-hybridized carbons (Fsp3) is 0.812. The highest BCUT2D eigenvalue weighted by molar-refractivity contribution is 5.09. The SMILES string of the molecule is CC1CCCC(c2cncn2C2CCN(C)CC2C)N1. The Labute approximate surface area is 122 Å². The molecule has 4 unspecified atom stereocenters. The van der Waals surface area contributed by atoms with Gasteiger partial charge in [0.2, 0.25) is 0 Å². The molecule has 0 bridgehead atoms. The summed E-state index contributed by atoms with van der Waals surface area (Å²) in [4.78, 5) is 6.90. The Morgan fingerprint density at radius 3 is 2.85 bits per heavy atom. The van der Waals surface area contributed by atoms with Gasteiger partial charge < -0.3 is 14.8 Å². The van der Waals surface area contributed by atoms with Crippen LogP contribution in [0.3, 0.4) is 0 Å². The molecule has 0 aliphatic carbocycles. The molecule has 1 aromatic rings. The lowest BCUT2D eigenvalue weighted by Gasteiger charge is -2.38. The molecule has 0 spiro atoms. The van der Waals surface area contributed by atoms with Crippen LogP contribution in [0.5, 0.6) is 0 Å². The normalized spacial score (nSPS) is 36.1. The third-order valence-electron chi connectivity index (χ3n) is 5.09. The van der Waals surface area contributed by atoms with Crippen molar-refractivity contribution < 1.29 is 0 Å². The van der Waals surface area contributed by atoms with Gasteiger partial charge in [-0.25, -0.2) is 4.98 Å². The highest BCUT2D eigenvalue weighted by Crippen LogP contribution is 2.32.